The summed E-state index contributed by atoms with van der Waals surface area (Å²) in [5.41, 5.74) is 7.54. The maximum atomic E-state index is 12.9. The number of carbonyl (C=O) groups excluding carboxylic acids is 1. The SMILES string of the molecule is O=C(NCc1cccc(-c2cccc([C@H]3O[C@@H](CSc4ccccn4)C[C@@H](c4ccc(CO)cc4)O3)c2)c1)c1cnc2ccccc2n1. The number of hydrogen-bond donors (Lipinski definition) is 2. The van der Waals surface area contributed by atoms with E-state index in [9.17, 15) is 9.90 Å². The molecule has 2 aromatic heterocycles. The zero-order chi connectivity index (χ0) is 32.7. The van der Waals surface area contributed by atoms with Crippen molar-refractivity contribution in [2.75, 3.05) is 5.75 Å². The number of nitrogens with zero attached hydrogens (tertiary/aromatic N) is 3. The molecule has 3 atom stereocenters. The number of aromatic nitrogens is 3. The van der Waals surface area contributed by atoms with Gasteiger partial charge >= 0.3 is 0 Å². The third kappa shape index (κ3) is 7.61. The van der Waals surface area contributed by atoms with Gasteiger partial charge in [0.15, 0.2) is 6.29 Å². The van der Waals surface area contributed by atoms with Crippen molar-refractivity contribution >= 4 is 28.7 Å². The predicted octanol–water partition coefficient (Wildman–Crippen LogP) is 7.45. The van der Waals surface area contributed by atoms with Gasteiger partial charge in [-0.3, -0.25) is 9.78 Å². The molecule has 9 heteroatoms. The van der Waals surface area contributed by atoms with Gasteiger partial charge in [-0.2, -0.15) is 0 Å². The number of pyridine rings is 1. The molecule has 48 heavy (non-hydrogen) atoms. The van der Waals surface area contributed by atoms with Crippen LogP contribution in [0.1, 0.15) is 51.6 Å². The van der Waals surface area contributed by atoms with E-state index in [0.29, 0.717) is 18.5 Å². The molecule has 0 bridgehead atoms. The lowest BCUT2D eigenvalue weighted by Gasteiger charge is -2.36. The Labute approximate surface area is 283 Å². The highest BCUT2D eigenvalue weighted by molar-refractivity contribution is 7.99. The lowest BCUT2D eigenvalue weighted by atomic mass is 9.99. The Morgan fingerprint density at radius 2 is 1.58 bits per heavy atom. The topological polar surface area (TPSA) is 106 Å². The zero-order valence-corrected chi connectivity index (χ0v) is 26.9. The molecule has 3 heterocycles. The van der Waals surface area contributed by atoms with Gasteiger partial charge < -0.3 is 19.9 Å². The van der Waals surface area contributed by atoms with Crippen molar-refractivity contribution in [3.8, 4) is 11.1 Å². The largest absolute Gasteiger partial charge is 0.392 e. The number of rotatable bonds is 10. The Balaban J connectivity index is 1.07. The fourth-order valence-electron chi connectivity index (χ4n) is 5.70. The molecular formula is C39H34N4O4S. The van der Waals surface area contributed by atoms with E-state index in [1.165, 1.54) is 6.20 Å². The second-order valence-electron chi connectivity index (χ2n) is 11.6. The molecule has 8 nitrogen and oxygen atoms in total. The van der Waals surface area contributed by atoms with E-state index in [2.05, 4.69) is 44.5 Å². The summed E-state index contributed by atoms with van der Waals surface area (Å²) >= 11 is 1.67. The van der Waals surface area contributed by atoms with Crippen molar-refractivity contribution < 1.29 is 19.4 Å². The number of aliphatic hydroxyl groups excluding tert-OH is 1. The summed E-state index contributed by atoms with van der Waals surface area (Å²) in [6, 6.07) is 37.6. The van der Waals surface area contributed by atoms with Gasteiger partial charge in [0.25, 0.3) is 5.91 Å². The molecule has 1 aliphatic rings. The van der Waals surface area contributed by atoms with Crippen LogP contribution in [0, 0.1) is 0 Å². The van der Waals surface area contributed by atoms with Gasteiger partial charge in [0.1, 0.15) is 5.69 Å². The van der Waals surface area contributed by atoms with E-state index in [-0.39, 0.29) is 30.4 Å². The minimum Gasteiger partial charge on any atom is -0.392 e. The van der Waals surface area contributed by atoms with Crippen LogP contribution in [0.2, 0.25) is 0 Å². The van der Waals surface area contributed by atoms with Crippen molar-refractivity contribution in [2.45, 2.75) is 43.1 Å². The summed E-state index contributed by atoms with van der Waals surface area (Å²) in [6.45, 7) is 0.350. The smallest absolute Gasteiger partial charge is 0.271 e. The monoisotopic (exact) mass is 654 g/mol. The minimum absolute atomic E-state index is 0.000378. The molecule has 0 spiro atoms. The number of hydrogen-bond acceptors (Lipinski definition) is 8. The minimum atomic E-state index is -0.568. The van der Waals surface area contributed by atoms with E-state index >= 15 is 0 Å². The molecule has 6 aromatic rings. The zero-order valence-electron chi connectivity index (χ0n) is 26.1. The second-order valence-corrected chi connectivity index (χ2v) is 12.6. The first-order valence-electron chi connectivity index (χ1n) is 15.8. The van der Waals surface area contributed by atoms with E-state index in [0.717, 1.165) is 49.7 Å². The molecule has 1 fully saturated rings. The fraction of sp³-hybridized carbons (Fsp3) is 0.179. The first-order valence-corrected chi connectivity index (χ1v) is 16.8. The highest BCUT2D eigenvalue weighted by Crippen LogP contribution is 2.40. The second kappa shape index (κ2) is 14.9. The number of amides is 1. The normalized spacial score (nSPS) is 17.6. The molecular weight excluding hydrogens is 621 g/mol. The molecule has 1 aliphatic heterocycles. The average Bonchev–Trinajstić information content (AvgIpc) is 3.16. The van der Waals surface area contributed by atoms with Gasteiger partial charge in [-0.25, -0.2) is 9.97 Å². The van der Waals surface area contributed by atoms with Crippen LogP contribution in [0.3, 0.4) is 0 Å². The molecule has 0 aliphatic carbocycles. The number of aliphatic hydroxyl groups is 1. The lowest BCUT2D eigenvalue weighted by molar-refractivity contribution is -0.245. The van der Waals surface area contributed by atoms with Crippen LogP contribution in [-0.2, 0) is 22.6 Å². The predicted molar refractivity (Wildman–Crippen MR) is 186 cm³/mol. The van der Waals surface area contributed by atoms with Crippen molar-refractivity contribution in [3.63, 3.8) is 0 Å². The molecule has 240 valence electrons. The summed E-state index contributed by atoms with van der Waals surface area (Å²) < 4.78 is 13.2. The number of carbonyl (C=O) groups is 1. The van der Waals surface area contributed by atoms with Gasteiger partial charge in [0.05, 0.1) is 41.1 Å². The molecule has 4 aromatic carbocycles. The van der Waals surface area contributed by atoms with Crippen LogP contribution >= 0.6 is 11.8 Å². The van der Waals surface area contributed by atoms with Crippen LogP contribution in [0.25, 0.3) is 22.2 Å². The quantitative estimate of drug-likeness (QED) is 0.147. The average molecular weight is 655 g/mol. The third-order valence-electron chi connectivity index (χ3n) is 8.22. The highest BCUT2D eigenvalue weighted by Gasteiger charge is 2.32. The van der Waals surface area contributed by atoms with E-state index in [4.69, 9.17) is 9.47 Å². The van der Waals surface area contributed by atoms with Crippen molar-refractivity contribution in [1.82, 2.24) is 20.3 Å². The summed E-state index contributed by atoms with van der Waals surface area (Å²) in [5, 5.41) is 13.5. The van der Waals surface area contributed by atoms with E-state index in [1.807, 2.05) is 91.0 Å². The first kappa shape index (κ1) is 31.7. The van der Waals surface area contributed by atoms with Gasteiger partial charge in [-0.15, -0.1) is 11.8 Å². The van der Waals surface area contributed by atoms with E-state index < -0.39 is 6.29 Å². The van der Waals surface area contributed by atoms with E-state index in [1.54, 1.807) is 18.0 Å². The number of ether oxygens (including phenoxy) is 2. The highest BCUT2D eigenvalue weighted by atomic mass is 32.2. The van der Waals surface area contributed by atoms with Gasteiger partial charge in [-0.05, 0) is 64.2 Å². The Kier molecular flexibility index (Phi) is 9.81. The van der Waals surface area contributed by atoms with Crippen LogP contribution in [0.4, 0.5) is 0 Å². The number of para-hydroxylation sites is 2. The van der Waals surface area contributed by atoms with Crippen LogP contribution in [0.5, 0.6) is 0 Å². The molecule has 7 rings (SSSR count). The number of benzene rings is 4. The number of thioether (sulfide) groups is 1. The Morgan fingerprint density at radius 1 is 0.792 bits per heavy atom. The molecule has 1 saturated heterocycles. The van der Waals surface area contributed by atoms with Crippen molar-refractivity contribution in [3.05, 3.63) is 156 Å². The van der Waals surface area contributed by atoms with Gasteiger partial charge in [0, 0.05) is 30.5 Å². The molecule has 0 saturated carbocycles. The first-order chi connectivity index (χ1) is 23.6. The Hall–Kier alpha value is -4.93. The molecule has 1 amide bonds. The maximum Gasteiger partial charge on any atom is 0.271 e. The van der Waals surface area contributed by atoms with Crippen molar-refractivity contribution in [1.29, 1.82) is 0 Å². The molecule has 0 unspecified atom stereocenters. The Bertz CT molecular complexity index is 2010. The Morgan fingerprint density at radius 3 is 2.40 bits per heavy atom. The van der Waals surface area contributed by atoms with Crippen molar-refractivity contribution in [2.24, 2.45) is 0 Å². The van der Waals surface area contributed by atoms with Gasteiger partial charge in [-0.1, -0.05) is 78.9 Å². The van der Waals surface area contributed by atoms with Crippen LogP contribution in [-0.4, -0.2) is 37.8 Å². The van der Waals surface area contributed by atoms with Gasteiger partial charge in [0.2, 0.25) is 0 Å². The summed E-state index contributed by atoms with van der Waals surface area (Å²) in [6.07, 6.45) is 3.20. The maximum absolute atomic E-state index is 12.9. The molecule has 0 radical (unpaired) electrons. The fourth-order valence-corrected chi connectivity index (χ4v) is 6.58. The van der Waals surface area contributed by atoms with Crippen LogP contribution < -0.4 is 5.32 Å². The lowest BCUT2D eigenvalue weighted by Crippen LogP contribution is -2.31. The number of nitrogens with one attached hydrogen (secondary N) is 1. The molecule has 2 N–H and O–H groups in total. The number of fused-ring (bicyclic) bond motifs is 1. The standard InChI is InChI=1S/C39H34N4O4S/c44-24-26-14-16-28(17-15-26)36-21-32(25-48-37-13-3-4-18-40-37)46-39(47-36)31-10-6-9-30(20-31)29-8-5-7-27(19-29)22-42-38(45)35-23-41-33-11-1-2-12-34(33)43-35/h1-20,23,32,36,39,44H,21-22,24-25H2,(H,42,45)/t32-,36+,39+/m1/s1. The van der Waals surface area contributed by atoms with Crippen LogP contribution in [0.15, 0.2) is 133 Å². The summed E-state index contributed by atoms with van der Waals surface area (Å²) in [5.74, 6) is 0.462. The summed E-state index contributed by atoms with van der Waals surface area (Å²) in [7, 11) is 0. The summed E-state index contributed by atoms with van der Waals surface area (Å²) in [4.78, 5) is 26.2. The third-order valence-corrected chi connectivity index (χ3v) is 9.30.